The zero-order valence-corrected chi connectivity index (χ0v) is 16.7. The first-order valence-electron chi connectivity index (χ1n) is 9.96. The maximum absolute atomic E-state index is 5.40. The fraction of sp³-hybridized carbons (Fsp3) is 0.750. The van der Waals surface area contributed by atoms with Gasteiger partial charge in [-0.1, -0.05) is 13.8 Å². The third kappa shape index (κ3) is 8.23. The highest BCUT2D eigenvalue weighted by atomic mass is 16.5. The van der Waals surface area contributed by atoms with E-state index in [2.05, 4.69) is 29.4 Å². The lowest BCUT2D eigenvalue weighted by atomic mass is 10.1. The zero-order chi connectivity index (χ0) is 18.6. The topological polar surface area (TPSA) is 62.0 Å². The Labute approximate surface area is 158 Å². The number of nitrogens with one attached hydrogen (secondary N) is 2. The van der Waals surface area contributed by atoms with Crippen LogP contribution in [0.4, 0.5) is 0 Å². The Morgan fingerprint density at radius 1 is 1.38 bits per heavy atom. The second-order valence-electron chi connectivity index (χ2n) is 7.45. The first-order chi connectivity index (χ1) is 12.7. The number of piperidine rings is 1. The normalized spacial score (nSPS) is 17.0. The zero-order valence-electron chi connectivity index (χ0n) is 16.7. The molecule has 1 aliphatic heterocycles. The molecule has 148 valence electrons. The number of methoxy groups -OCH3 is 1. The number of hydrogen-bond donors (Lipinski definition) is 2. The van der Waals surface area contributed by atoms with Gasteiger partial charge in [0.15, 0.2) is 5.96 Å². The lowest BCUT2D eigenvalue weighted by Crippen LogP contribution is -2.49. The molecule has 0 amide bonds. The van der Waals surface area contributed by atoms with Crippen LogP contribution in [0.1, 0.15) is 38.9 Å². The summed E-state index contributed by atoms with van der Waals surface area (Å²) in [4.78, 5) is 7.28. The second-order valence-corrected chi connectivity index (χ2v) is 7.45. The molecule has 1 aromatic rings. The van der Waals surface area contributed by atoms with Crippen LogP contribution in [0.2, 0.25) is 0 Å². The Bertz CT molecular complexity index is 494. The van der Waals surface area contributed by atoms with Crippen molar-refractivity contribution in [3.05, 3.63) is 24.2 Å². The fourth-order valence-electron chi connectivity index (χ4n) is 3.11. The molecule has 2 N–H and O–H groups in total. The average Bonchev–Trinajstić information content (AvgIpc) is 3.14. The van der Waals surface area contributed by atoms with Gasteiger partial charge in [0.05, 0.1) is 6.26 Å². The minimum Gasteiger partial charge on any atom is -0.469 e. The maximum atomic E-state index is 5.40. The number of furan rings is 1. The maximum Gasteiger partial charge on any atom is 0.191 e. The van der Waals surface area contributed by atoms with Crippen molar-refractivity contribution in [1.29, 1.82) is 0 Å². The van der Waals surface area contributed by atoms with Gasteiger partial charge in [0.2, 0.25) is 0 Å². The Morgan fingerprint density at radius 2 is 2.19 bits per heavy atom. The van der Waals surface area contributed by atoms with E-state index in [1.807, 2.05) is 12.1 Å². The van der Waals surface area contributed by atoms with Crippen LogP contribution >= 0.6 is 0 Å². The van der Waals surface area contributed by atoms with Crippen LogP contribution in [0.3, 0.4) is 0 Å². The minimum atomic E-state index is 0.496. The van der Waals surface area contributed by atoms with E-state index in [-0.39, 0.29) is 0 Å². The van der Waals surface area contributed by atoms with E-state index < -0.39 is 0 Å². The summed E-state index contributed by atoms with van der Waals surface area (Å²) in [7, 11) is 1.77. The number of guanidine groups is 1. The third-order valence-corrected chi connectivity index (χ3v) is 4.61. The standard InChI is InChI=1S/C20H36N4O2/c1-17(2)16-22-20(21-10-7-19-6-4-15-26-19)23-18-8-12-24(13-9-18)11-5-14-25-3/h4,6,15,17-18H,5,7-14,16H2,1-3H3,(H2,21,22,23). The van der Waals surface area contributed by atoms with E-state index in [1.165, 1.54) is 0 Å². The molecule has 0 aromatic carbocycles. The largest absolute Gasteiger partial charge is 0.469 e. The van der Waals surface area contributed by atoms with Gasteiger partial charge in [-0.15, -0.1) is 0 Å². The predicted molar refractivity (Wildman–Crippen MR) is 107 cm³/mol. The monoisotopic (exact) mass is 364 g/mol. The molecule has 0 spiro atoms. The van der Waals surface area contributed by atoms with Crippen molar-refractivity contribution < 1.29 is 9.15 Å². The van der Waals surface area contributed by atoms with E-state index in [4.69, 9.17) is 14.1 Å². The van der Waals surface area contributed by atoms with E-state index in [0.717, 1.165) is 76.7 Å². The summed E-state index contributed by atoms with van der Waals surface area (Å²) in [6, 6.07) is 4.44. The first-order valence-corrected chi connectivity index (χ1v) is 9.96. The molecule has 1 fully saturated rings. The highest BCUT2D eigenvalue weighted by Gasteiger charge is 2.19. The number of ether oxygens (including phenoxy) is 1. The van der Waals surface area contributed by atoms with Crippen LogP contribution < -0.4 is 10.6 Å². The first kappa shape index (κ1) is 20.8. The molecular formula is C20H36N4O2. The van der Waals surface area contributed by atoms with Crippen molar-refractivity contribution >= 4 is 5.96 Å². The molecule has 0 bridgehead atoms. The molecule has 6 heteroatoms. The van der Waals surface area contributed by atoms with Crippen LogP contribution in [0.5, 0.6) is 0 Å². The van der Waals surface area contributed by atoms with Gasteiger partial charge in [0, 0.05) is 58.9 Å². The van der Waals surface area contributed by atoms with Gasteiger partial charge >= 0.3 is 0 Å². The Morgan fingerprint density at radius 3 is 2.85 bits per heavy atom. The quantitative estimate of drug-likeness (QED) is 0.379. The van der Waals surface area contributed by atoms with Gasteiger partial charge in [0.1, 0.15) is 5.76 Å². The van der Waals surface area contributed by atoms with Crippen molar-refractivity contribution in [1.82, 2.24) is 15.5 Å². The second kappa shape index (κ2) is 12.0. The fourth-order valence-corrected chi connectivity index (χ4v) is 3.11. The average molecular weight is 365 g/mol. The SMILES string of the molecule is COCCCN1CCC(NC(=NCC(C)C)NCCc2ccco2)CC1. The van der Waals surface area contributed by atoms with Crippen molar-refractivity contribution in [3.8, 4) is 0 Å². The van der Waals surface area contributed by atoms with E-state index in [1.54, 1.807) is 13.4 Å². The van der Waals surface area contributed by atoms with Gasteiger partial charge < -0.3 is 24.7 Å². The summed E-state index contributed by atoms with van der Waals surface area (Å²) < 4.78 is 10.5. The smallest absolute Gasteiger partial charge is 0.191 e. The molecule has 0 radical (unpaired) electrons. The van der Waals surface area contributed by atoms with E-state index in [9.17, 15) is 0 Å². The highest BCUT2D eigenvalue weighted by Crippen LogP contribution is 2.10. The van der Waals surface area contributed by atoms with Crippen molar-refractivity contribution in [3.63, 3.8) is 0 Å². The van der Waals surface area contributed by atoms with Gasteiger partial charge in [-0.3, -0.25) is 4.99 Å². The molecule has 26 heavy (non-hydrogen) atoms. The Balaban J connectivity index is 1.74. The molecule has 0 aliphatic carbocycles. The number of aliphatic imine (C=N–C) groups is 1. The van der Waals surface area contributed by atoms with Gasteiger partial charge in [-0.25, -0.2) is 0 Å². The molecule has 0 atom stereocenters. The number of hydrogen-bond acceptors (Lipinski definition) is 4. The van der Waals surface area contributed by atoms with Crippen molar-refractivity contribution in [2.45, 2.75) is 45.6 Å². The molecule has 2 rings (SSSR count). The Kier molecular flexibility index (Phi) is 9.56. The Hall–Kier alpha value is -1.53. The third-order valence-electron chi connectivity index (χ3n) is 4.61. The van der Waals surface area contributed by atoms with Crippen molar-refractivity contribution in [2.75, 3.05) is 46.4 Å². The molecular weight excluding hydrogens is 328 g/mol. The van der Waals surface area contributed by atoms with E-state index in [0.29, 0.717) is 12.0 Å². The van der Waals surface area contributed by atoms with Crippen LogP contribution in [0.15, 0.2) is 27.8 Å². The molecule has 6 nitrogen and oxygen atoms in total. The lowest BCUT2D eigenvalue weighted by Gasteiger charge is -2.33. The van der Waals surface area contributed by atoms with Crippen LogP contribution in [-0.4, -0.2) is 63.3 Å². The van der Waals surface area contributed by atoms with Crippen molar-refractivity contribution in [2.24, 2.45) is 10.9 Å². The van der Waals surface area contributed by atoms with Gasteiger partial charge in [0.25, 0.3) is 0 Å². The molecule has 2 heterocycles. The molecule has 1 aliphatic rings. The lowest BCUT2D eigenvalue weighted by molar-refractivity contribution is 0.155. The number of rotatable bonds is 10. The summed E-state index contributed by atoms with van der Waals surface area (Å²) in [6.45, 7) is 10.3. The van der Waals surface area contributed by atoms with Crippen LogP contribution in [-0.2, 0) is 11.2 Å². The molecule has 1 aromatic heterocycles. The highest BCUT2D eigenvalue weighted by molar-refractivity contribution is 5.80. The van der Waals surface area contributed by atoms with Crippen LogP contribution in [0.25, 0.3) is 0 Å². The molecule has 1 saturated heterocycles. The summed E-state index contributed by atoms with van der Waals surface area (Å²) in [5, 5.41) is 7.10. The summed E-state index contributed by atoms with van der Waals surface area (Å²) in [6.07, 6.45) is 6.03. The summed E-state index contributed by atoms with van der Waals surface area (Å²) in [5.41, 5.74) is 0. The minimum absolute atomic E-state index is 0.496. The van der Waals surface area contributed by atoms with Crippen LogP contribution in [0, 0.1) is 5.92 Å². The van der Waals surface area contributed by atoms with Gasteiger partial charge in [-0.2, -0.15) is 0 Å². The summed E-state index contributed by atoms with van der Waals surface area (Å²) >= 11 is 0. The molecule has 0 unspecified atom stereocenters. The summed E-state index contributed by atoms with van der Waals surface area (Å²) in [5.74, 6) is 2.49. The molecule has 0 saturated carbocycles. The van der Waals surface area contributed by atoms with Gasteiger partial charge in [-0.05, 0) is 37.3 Å². The van der Waals surface area contributed by atoms with E-state index >= 15 is 0 Å². The number of nitrogens with zero attached hydrogens (tertiary/aromatic N) is 2. The number of likely N-dealkylation sites (tertiary alicyclic amines) is 1. The predicted octanol–water partition coefficient (Wildman–Crippen LogP) is 2.51.